The Morgan fingerprint density at radius 2 is 2.17 bits per heavy atom. The van der Waals surface area contributed by atoms with Gasteiger partial charge in [0.05, 0.1) is 42.7 Å². The normalized spacial score (nSPS) is 18.6. The van der Waals surface area contributed by atoms with Gasteiger partial charge in [-0.25, -0.2) is 32.6 Å². The van der Waals surface area contributed by atoms with Crippen molar-refractivity contribution in [2.75, 3.05) is 37.4 Å². The standard InChI is InChI=1S/C18H23N7O4S/c1-12(26)14-3-4-17-19-9-16(25(17)23-14)15-7-18(21-11-20-15)24-5-6-29-13(10-24)8-22-30(2,27)28/h3-4,7,9,11-13,22,26H,5-6,8,10H2,1-2H3/t12?,13-/m1/s1. The molecule has 30 heavy (non-hydrogen) atoms. The Balaban J connectivity index is 1.59. The average Bonchev–Trinajstić information content (AvgIpc) is 3.15. The van der Waals surface area contributed by atoms with Crippen LogP contribution in [-0.4, -0.2) is 76.7 Å². The van der Waals surface area contributed by atoms with Crippen molar-refractivity contribution in [3.8, 4) is 11.4 Å². The van der Waals surface area contributed by atoms with Crippen LogP contribution in [0.1, 0.15) is 18.7 Å². The zero-order valence-electron chi connectivity index (χ0n) is 16.6. The average molecular weight is 433 g/mol. The zero-order chi connectivity index (χ0) is 21.3. The summed E-state index contributed by atoms with van der Waals surface area (Å²) < 4.78 is 32.5. The first-order valence-electron chi connectivity index (χ1n) is 9.46. The van der Waals surface area contributed by atoms with E-state index < -0.39 is 16.1 Å². The van der Waals surface area contributed by atoms with E-state index in [1.165, 1.54) is 6.33 Å². The first-order chi connectivity index (χ1) is 14.3. The Bertz CT molecular complexity index is 1150. The third kappa shape index (κ3) is 4.56. The molecule has 0 aliphatic carbocycles. The van der Waals surface area contributed by atoms with Crippen molar-refractivity contribution in [1.29, 1.82) is 0 Å². The molecular weight excluding hydrogens is 410 g/mol. The number of fused-ring (bicyclic) bond motifs is 1. The van der Waals surface area contributed by atoms with Gasteiger partial charge in [-0.3, -0.25) is 0 Å². The van der Waals surface area contributed by atoms with Crippen LogP contribution in [-0.2, 0) is 14.8 Å². The summed E-state index contributed by atoms with van der Waals surface area (Å²) in [5.74, 6) is 0.703. The van der Waals surface area contributed by atoms with Crippen molar-refractivity contribution < 1.29 is 18.3 Å². The lowest BCUT2D eigenvalue weighted by atomic mass is 10.2. The zero-order valence-corrected chi connectivity index (χ0v) is 17.4. The maximum Gasteiger partial charge on any atom is 0.208 e. The number of morpholine rings is 1. The first-order valence-corrected chi connectivity index (χ1v) is 11.4. The van der Waals surface area contributed by atoms with Crippen molar-refractivity contribution in [3.63, 3.8) is 0 Å². The van der Waals surface area contributed by atoms with Crippen LogP contribution in [0.3, 0.4) is 0 Å². The van der Waals surface area contributed by atoms with Crippen LogP contribution in [0, 0.1) is 0 Å². The van der Waals surface area contributed by atoms with E-state index in [-0.39, 0.29) is 12.6 Å². The number of rotatable bonds is 6. The number of nitrogens with zero attached hydrogens (tertiary/aromatic N) is 6. The Hall–Kier alpha value is -2.67. The topological polar surface area (TPSA) is 135 Å². The van der Waals surface area contributed by atoms with E-state index in [4.69, 9.17) is 4.74 Å². The smallest absolute Gasteiger partial charge is 0.208 e. The molecule has 0 spiro atoms. The Morgan fingerprint density at radius 3 is 2.93 bits per heavy atom. The second-order valence-electron chi connectivity index (χ2n) is 7.17. The van der Waals surface area contributed by atoms with Gasteiger partial charge in [0.25, 0.3) is 0 Å². The fourth-order valence-electron chi connectivity index (χ4n) is 3.24. The van der Waals surface area contributed by atoms with E-state index in [1.54, 1.807) is 29.8 Å². The number of nitrogens with one attached hydrogen (secondary N) is 1. The monoisotopic (exact) mass is 433 g/mol. The molecule has 2 N–H and O–H groups in total. The highest BCUT2D eigenvalue weighted by Crippen LogP contribution is 2.23. The molecule has 0 amide bonds. The molecular formula is C18H23N7O4S. The number of hydrogen-bond acceptors (Lipinski definition) is 9. The second-order valence-corrected chi connectivity index (χ2v) is 9.00. The Morgan fingerprint density at radius 1 is 1.33 bits per heavy atom. The number of imidazole rings is 1. The van der Waals surface area contributed by atoms with Crippen LogP contribution in [0.15, 0.2) is 30.7 Å². The molecule has 4 heterocycles. The van der Waals surface area contributed by atoms with E-state index in [1.807, 2.05) is 11.0 Å². The summed E-state index contributed by atoms with van der Waals surface area (Å²) in [5, 5.41) is 14.3. The molecule has 4 rings (SSSR count). The molecule has 0 saturated carbocycles. The minimum absolute atomic E-state index is 0.201. The molecule has 1 unspecified atom stereocenters. The van der Waals surface area contributed by atoms with Gasteiger partial charge in [0.1, 0.15) is 17.8 Å². The van der Waals surface area contributed by atoms with Crippen molar-refractivity contribution in [1.82, 2.24) is 29.3 Å². The molecule has 2 atom stereocenters. The number of anilines is 1. The molecule has 1 aliphatic rings. The summed E-state index contributed by atoms with van der Waals surface area (Å²) in [6, 6.07) is 5.37. The van der Waals surface area contributed by atoms with Crippen LogP contribution in [0.5, 0.6) is 0 Å². The number of hydrogen-bond donors (Lipinski definition) is 2. The molecule has 12 heteroatoms. The summed E-state index contributed by atoms with van der Waals surface area (Å²) in [4.78, 5) is 15.1. The molecule has 1 saturated heterocycles. The second kappa shape index (κ2) is 8.22. The maximum atomic E-state index is 11.3. The molecule has 3 aromatic rings. The van der Waals surface area contributed by atoms with Gasteiger partial charge >= 0.3 is 0 Å². The molecule has 3 aromatic heterocycles. The highest BCUT2D eigenvalue weighted by molar-refractivity contribution is 7.88. The minimum Gasteiger partial charge on any atom is -0.387 e. The lowest BCUT2D eigenvalue weighted by Crippen LogP contribution is -2.47. The predicted octanol–water partition coefficient (Wildman–Crippen LogP) is -0.00600. The molecule has 1 fully saturated rings. The first kappa shape index (κ1) is 20.6. The van der Waals surface area contributed by atoms with Crippen LogP contribution < -0.4 is 9.62 Å². The molecule has 1 aliphatic heterocycles. The molecule has 11 nitrogen and oxygen atoms in total. The van der Waals surface area contributed by atoms with E-state index in [2.05, 4.69) is 24.8 Å². The van der Waals surface area contributed by atoms with E-state index in [9.17, 15) is 13.5 Å². The molecule has 0 bridgehead atoms. The number of aromatic nitrogens is 5. The van der Waals surface area contributed by atoms with E-state index >= 15 is 0 Å². The van der Waals surface area contributed by atoms with Crippen LogP contribution in [0.2, 0.25) is 0 Å². The van der Waals surface area contributed by atoms with Crippen LogP contribution in [0.4, 0.5) is 5.82 Å². The number of aliphatic hydroxyl groups excluding tert-OH is 1. The third-order valence-electron chi connectivity index (χ3n) is 4.76. The lowest BCUT2D eigenvalue weighted by molar-refractivity contribution is 0.0440. The van der Waals surface area contributed by atoms with Gasteiger partial charge in [-0.2, -0.15) is 5.10 Å². The summed E-state index contributed by atoms with van der Waals surface area (Å²) in [7, 11) is -3.28. The summed E-state index contributed by atoms with van der Waals surface area (Å²) in [6.07, 6.45) is 3.30. The molecule has 0 aromatic carbocycles. The SMILES string of the molecule is CC(O)c1ccc2ncc(-c3cc(N4CCO[C@H](CNS(C)(=O)=O)C4)ncn3)n2n1. The largest absolute Gasteiger partial charge is 0.387 e. The third-order valence-corrected chi connectivity index (χ3v) is 5.45. The van der Waals surface area contributed by atoms with Crippen LogP contribution in [0.25, 0.3) is 17.0 Å². The Labute approximate surface area is 173 Å². The highest BCUT2D eigenvalue weighted by atomic mass is 32.2. The fraction of sp³-hybridized carbons (Fsp3) is 0.444. The van der Waals surface area contributed by atoms with Gasteiger partial charge in [-0.05, 0) is 19.1 Å². The van der Waals surface area contributed by atoms with Crippen molar-refractivity contribution in [3.05, 3.63) is 36.4 Å². The maximum absolute atomic E-state index is 11.3. The summed E-state index contributed by atoms with van der Waals surface area (Å²) in [6.45, 7) is 3.44. The van der Waals surface area contributed by atoms with Crippen molar-refractivity contribution in [2.45, 2.75) is 19.1 Å². The fourth-order valence-corrected chi connectivity index (χ4v) is 3.73. The number of sulfonamides is 1. The quantitative estimate of drug-likeness (QED) is 0.550. The van der Waals surface area contributed by atoms with E-state index in [0.717, 1.165) is 6.26 Å². The van der Waals surface area contributed by atoms with Gasteiger partial charge in [0, 0.05) is 25.7 Å². The van der Waals surface area contributed by atoms with Gasteiger partial charge in [0.15, 0.2) is 5.65 Å². The highest BCUT2D eigenvalue weighted by Gasteiger charge is 2.23. The summed E-state index contributed by atoms with van der Waals surface area (Å²) >= 11 is 0. The molecule has 160 valence electrons. The lowest BCUT2D eigenvalue weighted by Gasteiger charge is -2.33. The minimum atomic E-state index is -3.28. The number of ether oxygens (including phenoxy) is 1. The summed E-state index contributed by atoms with van der Waals surface area (Å²) in [5.41, 5.74) is 2.50. The van der Waals surface area contributed by atoms with Crippen LogP contribution >= 0.6 is 0 Å². The van der Waals surface area contributed by atoms with Gasteiger partial charge < -0.3 is 14.7 Å². The van der Waals surface area contributed by atoms with Gasteiger partial charge in [0.2, 0.25) is 10.0 Å². The van der Waals surface area contributed by atoms with Crippen molar-refractivity contribution >= 4 is 21.5 Å². The Kier molecular flexibility index (Phi) is 5.64. The predicted molar refractivity (Wildman–Crippen MR) is 109 cm³/mol. The van der Waals surface area contributed by atoms with E-state index in [0.29, 0.717) is 48.2 Å². The molecule has 0 radical (unpaired) electrons. The van der Waals surface area contributed by atoms with Gasteiger partial charge in [-0.15, -0.1) is 0 Å². The van der Waals surface area contributed by atoms with Crippen molar-refractivity contribution in [2.24, 2.45) is 0 Å². The number of aliphatic hydroxyl groups is 1. The van der Waals surface area contributed by atoms with Gasteiger partial charge in [-0.1, -0.05) is 0 Å².